The number of aromatic nitrogens is 1. The van der Waals surface area contributed by atoms with Crippen LogP contribution in [0.15, 0.2) is 18.3 Å². The molecule has 4 nitrogen and oxygen atoms in total. The van der Waals surface area contributed by atoms with Crippen LogP contribution in [0.3, 0.4) is 0 Å². The van der Waals surface area contributed by atoms with E-state index in [0.717, 1.165) is 42.0 Å². The van der Waals surface area contributed by atoms with Crippen LogP contribution in [-0.4, -0.2) is 35.4 Å². The molecule has 0 spiro atoms. The van der Waals surface area contributed by atoms with Gasteiger partial charge in [0, 0.05) is 49.1 Å². The van der Waals surface area contributed by atoms with E-state index in [0.29, 0.717) is 12.6 Å². The second-order valence-corrected chi connectivity index (χ2v) is 7.86. The Morgan fingerprint density at radius 3 is 2.73 bits per heavy atom. The van der Waals surface area contributed by atoms with E-state index < -0.39 is 23.4 Å². The maximum Gasteiger partial charge on any atom is 0.223 e. The number of carbonyl (C=O) groups is 1. The third kappa shape index (κ3) is 3.30. The standard InChI is InChI=1S/C18H18F3N3OS/c19-12-6-14(17(21)15(20)7-12)11-5-16(25)24(9-11)10-13-8-22-18(26-13)23-3-1-2-4-23/h6-8,11H,1-5,9-10H2. The van der Waals surface area contributed by atoms with E-state index in [1.165, 1.54) is 0 Å². The molecule has 2 saturated heterocycles. The summed E-state index contributed by atoms with van der Waals surface area (Å²) in [5.74, 6) is -3.81. The average Bonchev–Trinajstić information content (AvgIpc) is 3.33. The highest BCUT2D eigenvalue weighted by atomic mass is 32.1. The van der Waals surface area contributed by atoms with Crippen molar-refractivity contribution in [1.82, 2.24) is 9.88 Å². The van der Waals surface area contributed by atoms with E-state index >= 15 is 0 Å². The summed E-state index contributed by atoms with van der Waals surface area (Å²) >= 11 is 1.55. The quantitative estimate of drug-likeness (QED) is 0.758. The van der Waals surface area contributed by atoms with Crippen molar-refractivity contribution in [3.8, 4) is 0 Å². The van der Waals surface area contributed by atoms with E-state index in [9.17, 15) is 18.0 Å². The molecule has 1 amide bonds. The summed E-state index contributed by atoms with van der Waals surface area (Å²) in [6.07, 6.45) is 4.15. The van der Waals surface area contributed by atoms with Crippen LogP contribution in [0, 0.1) is 17.5 Å². The van der Waals surface area contributed by atoms with Crippen molar-refractivity contribution in [3.05, 3.63) is 46.2 Å². The SMILES string of the molecule is O=C1CC(c2cc(F)cc(F)c2F)CN1Cc1cnc(N2CCCC2)s1. The van der Waals surface area contributed by atoms with Crippen LogP contribution in [0.1, 0.15) is 35.6 Å². The van der Waals surface area contributed by atoms with E-state index in [2.05, 4.69) is 9.88 Å². The number of amides is 1. The fraction of sp³-hybridized carbons (Fsp3) is 0.444. The lowest BCUT2D eigenvalue weighted by Gasteiger charge is -2.16. The monoisotopic (exact) mass is 381 g/mol. The van der Waals surface area contributed by atoms with Gasteiger partial charge in [0.25, 0.3) is 0 Å². The zero-order chi connectivity index (χ0) is 18.3. The summed E-state index contributed by atoms with van der Waals surface area (Å²) in [6.45, 7) is 2.64. The van der Waals surface area contributed by atoms with Crippen molar-refractivity contribution in [2.75, 3.05) is 24.5 Å². The van der Waals surface area contributed by atoms with Gasteiger partial charge in [0.1, 0.15) is 5.82 Å². The third-order valence-corrected chi connectivity index (χ3v) is 5.98. The minimum atomic E-state index is -1.22. The first-order valence-corrected chi connectivity index (χ1v) is 9.45. The smallest absolute Gasteiger partial charge is 0.223 e. The van der Waals surface area contributed by atoms with E-state index in [4.69, 9.17) is 0 Å². The number of likely N-dealkylation sites (tertiary alicyclic amines) is 1. The Labute approximate surface area is 153 Å². The highest BCUT2D eigenvalue weighted by Gasteiger charge is 2.33. The molecule has 2 aromatic rings. The van der Waals surface area contributed by atoms with Gasteiger partial charge in [-0.25, -0.2) is 18.2 Å². The molecule has 3 heterocycles. The van der Waals surface area contributed by atoms with Gasteiger partial charge in [0.2, 0.25) is 5.91 Å². The van der Waals surface area contributed by atoms with Gasteiger partial charge in [-0.2, -0.15) is 0 Å². The molecular weight excluding hydrogens is 363 g/mol. The van der Waals surface area contributed by atoms with Gasteiger partial charge >= 0.3 is 0 Å². The van der Waals surface area contributed by atoms with Gasteiger partial charge in [0.15, 0.2) is 16.8 Å². The molecule has 2 aliphatic heterocycles. The average molecular weight is 381 g/mol. The van der Waals surface area contributed by atoms with Crippen LogP contribution < -0.4 is 4.90 Å². The Bertz CT molecular complexity index is 835. The number of rotatable bonds is 4. The van der Waals surface area contributed by atoms with Crippen molar-refractivity contribution in [2.24, 2.45) is 0 Å². The fourth-order valence-electron chi connectivity index (χ4n) is 3.62. The number of anilines is 1. The molecular formula is C18H18F3N3OS. The highest BCUT2D eigenvalue weighted by Crippen LogP contribution is 2.33. The van der Waals surface area contributed by atoms with E-state index in [1.807, 2.05) is 0 Å². The van der Waals surface area contributed by atoms with Gasteiger partial charge in [-0.15, -0.1) is 11.3 Å². The largest absolute Gasteiger partial charge is 0.348 e. The van der Waals surface area contributed by atoms with Gasteiger partial charge in [-0.3, -0.25) is 4.79 Å². The minimum Gasteiger partial charge on any atom is -0.348 e. The van der Waals surface area contributed by atoms with Gasteiger partial charge < -0.3 is 9.80 Å². The molecule has 26 heavy (non-hydrogen) atoms. The van der Waals surface area contributed by atoms with Crippen molar-refractivity contribution >= 4 is 22.4 Å². The number of carbonyl (C=O) groups excluding carboxylic acids is 1. The number of thiazole rings is 1. The maximum atomic E-state index is 14.0. The molecule has 0 radical (unpaired) electrons. The normalized spacial score (nSPS) is 20.4. The molecule has 2 aliphatic rings. The molecule has 1 aromatic carbocycles. The molecule has 0 N–H and O–H groups in total. The van der Waals surface area contributed by atoms with Gasteiger partial charge in [-0.1, -0.05) is 0 Å². The van der Waals surface area contributed by atoms with Gasteiger partial charge in [-0.05, 0) is 24.5 Å². The number of hydrogen-bond donors (Lipinski definition) is 0. The minimum absolute atomic E-state index is 0.0532. The van der Waals surface area contributed by atoms with Crippen molar-refractivity contribution in [2.45, 2.75) is 31.7 Å². The van der Waals surface area contributed by atoms with Crippen LogP contribution in [0.4, 0.5) is 18.3 Å². The first-order chi connectivity index (χ1) is 12.5. The first kappa shape index (κ1) is 17.3. The van der Waals surface area contributed by atoms with Crippen molar-refractivity contribution in [1.29, 1.82) is 0 Å². The second-order valence-electron chi connectivity index (χ2n) is 6.77. The number of halogens is 3. The van der Waals surface area contributed by atoms with Crippen LogP contribution >= 0.6 is 11.3 Å². The third-order valence-electron chi connectivity index (χ3n) is 4.94. The number of benzene rings is 1. The van der Waals surface area contributed by atoms with Crippen LogP contribution in [-0.2, 0) is 11.3 Å². The Morgan fingerprint density at radius 1 is 1.19 bits per heavy atom. The molecule has 2 fully saturated rings. The summed E-state index contributed by atoms with van der Waals surface area (Å²) < 4.78 is 40.9. The Balaban J connectivity index is 1.47. The second kappa shape index (κ2) is 6.90. The van der Waals surface area contributed by atoms with Crippen molar-refractivity contribution in [3.63, 3.8) is 0 Å². The molecule has 0 saturated carbocycles. The highest BCUT2D eigenvalue weighted by molar-refractivity contribution is 7.15. The Kier molecular flexibility index (Phi) is 4.60. The topological polar surface area (TPSA) is 36.4 Å². The lowest BCUT2D eigenvalue weighted by molar-refractivity contribution is -0.128. The first-order valence-electron chi connectivity index (χ1n) is 8.63. The van der Waals surface area contributed by atoms with Crippen LogP contribution in [0.5, 0.6) is 0 Å². The maximum absolute atomic E-state index is 14.0. The number of nitrogens with zero attached hydrogens (tertiary/aromatic N) is 3. The van der Waals surface area contributed by atoms with Crippen LogP contribution in [0.25, 0.3) is 0 Å². The zero-order valence-corrected chi connectivity index (χ0v) is 14.9. The predicted molar refractivity (Wildman–Crippen MR) is 92.7 cm³/mol. The zero-order valence-electron chi connectivity index (χ0n) is 14.1. The molecule has 4 rings (SSSR count). The molecule has 1 atom stereocenters. The fourth-order valence-corrected chi connectivity index (χ4v) is 4.60. The summed E-state index contributed by atoms with van der Waals surface area (Å²) in [5, 5.41) is 0.957. The molecule has 0 bridgehead atoms. The Morgan fingerprint density at radius 2 is 1.96 bits per heavy atom. The van der Waals surface area contributed by atoms with Crippen molar-refractivity contribution < 1.29 is 18.0 Å². The Hall–Kier alpha value is -2.09. The van der Waals surface area contributed by atoms with Gasteiger partial charge in [0.05, 0.1) is 6.54 Å². The summed E-state index contributed by atoms with van der Waals surface area (Å²) in [6, 6.07) is 1.50. The molecule has 1 unspecified atom stereocenters. The summed E-state index contributed by atoms with van der Waals surface area (Å²) in [7, 11) is 0. The number of hydrogen-bond acceptors (Lipinski definition) is 4. The lowest BCUT2D eigenvalue weighted by Crippen LogP contribution is -2.24. The lowest BCUT2D eigenvalue weighted by atomic mass is 9.97. The molecule has 138 valence electrons. The van der Waals surface area contributed by atoms with E-state index in [1.54, 1.807) is 22.4 Å². The summed E-state index contributed by atoms with van der Waals surface area (Å²) in [5.41, 5.74) is -0.0691. The molecule has 8 heteroatoms. The van der Waals surface area contributed by atoms with Crippen LogP contribution in [0.2, 0.25) is 0 Å². The predicted octanol–water partition coefficient (Wildman–Crippen LogP) is 3.68. The summed E-state index contributed by atoms with van der Waals surface area (Å²) in [4.78, 5) is 21.5. The molecule has 1 aromatic heterocycles. The van der Waals surface area contributed by atoms with E-state index in [-0.39, 0.29) is 24.4 Å². The molecule has 0 aliphatic carbocycles.